The van der Waals surface area contributed by atoms with Gasteiger partial charge in [-0.25, -0.2) is 4.39 Å². The van der Waals surface area contributed by atoms with Crippen LogP contribution in [0.4, 0.5) is 4.39 Å². The number of benzene rings is 1. The van der Waals surface area contributed by atoms with Crippen molar-refractivity contribution in [3.05, 3.63) is 35.9 Å². The monoisotopic (exact) mass is 148 g/mol. The second-order valence-electron chi connectivity index (χ2n) is 2.19. The maximum atomic E-state index is 12.4. The van der Waals surface area contributed by atoms with Crippen molar-refractivity contribution in [2.75, 3.05) is 0 Å². The zero-order valence-electron chi connectivity index (χ0n) is 5.92. The fraction of sp³-hybridized carbons (Fsp3) is 0.222. The molecule has 0 aliphatic carbocycles. The fourth-order valence-corrected chi connectivity index (χ4v) is 0.796. The lowest BCUT2D eigenvalue weighted by molar-refractivity contribution is 0.407. The summed E-state index contributed by atoms with van der Waals surface area (Å²) in [6.45, 7) is 0. The van der Waals surface area contributed by atoms with E-state index in [1.807, 2.05) is 6.07 Å². The van der Waals surface area contributed by atoms with Crippen LogP contribution in [-0.4, -0.2) is 6.17 Å². The van der Waals surface area contributed by atoms with Crippen molar-refractivity contribution in [1.82, 2.24) is 0 Å². The van der Waals surface area contributed by atoms with Gasteiger partial charge in [0.1, 0.15) is 6.07 Å². The summed E-state index contributed by atoms with van der Waals surface area (Å²) in [7, 11) is 0. The van der Waals surface area contributed by atoms with Gasteiger partial charge < -0.3 is 0 Å². The Balaban J connectivity index is 2.60. The van der Waals surface area contributed by atoms with Crippen LogP contribution in [0.25, 0.3) is 0 Å². The van der Waals surface area contributed by atoms with Gasteiger partial charge >= 0.3 is 0 Å². The normalized spacial score (nSPS) is 12.0. The Morgan fingerprint density at radius 2 is 2.45 bits per heavy atom. The van der Waals surface area contributed by atoms with Crippen molar-refractivity contribution >= 4 is 0 Å². The summed E-state index contributed by atoms with van der Waals surface area (Å²) >= 11 is 0. The van der Waals surface area contributed by atoms with Crippen LogP contribution in [0.3, 0.4) is 0 Å². The zero-order chi connectivity index (χ0) is 8.10. The highest BCUT2D eigenvalue weighted by atomic mass is 19.1. The summed E-state index contributed by atoms with van der Waals surface area (Å²) < 4.78 is 12.4. The minimum atomic E-state index is -1.41. The Kier molecular flexibility index (Phi) is 2.62. The average molecular weight is 148 g/mol. The van der Waals surface area contributed by atoms with E-state index in [0.29, 0.717) is 0 Å². The molecule has 1 atom stereocenters. The van der Waals surface area contributed by atoms with E-state index in [0.717, 1.165) is 5.56 Å². The Hall–Kier alpha value is -1.36. The minimum Gasteiger partial charge on any atom is -0.231 e. The number of rotatable bonds is 2. The van der Waals surface area contributed by atoms with E-state index in [2.05, 4.69) is 6.07 Å². The highest BCUT2D eigenvalue weighted by Gasteiger charge is 2.03. The summed E-state index contributed by atoms with van der Waals surface area (Å²) in [5.41, 5.74) is 0.738. The van der Waals surface area contributed by atoms with E-state index in [9.17, 15) is 4.39 Å². The van der Waals surface area contributed by atoms with Gasteiger partial charge in [0.2, 0.25) is 0 Å². The minimum absolute atomic E-state index is 0.136. The molecular weight excluding hydrogens is 141 g/mol. The lowest BCUT2D eigenvalue weighted by atomic mass is 10.1. The molecule has 1 nitrogen and oxygen atoms in total. The first-order valence-electron chi connectivity index (χ1n) is 3.32. The highest BCUT2D eigenvalue weighted by Crippen LogP contribution is 2.03. The Morgan fingerprint density at radius 1 is 1.64 bits per heavy atom. The van der Waals surface area contributed by atoms with Gasteiger partial charge in [-0.3, -0.25) is 0 Å². The van der Waals surface area contributed by atoms with E-state index < -0.39 is 6.17 Å². The average Bonchev–Trinajstić information content (AvgIpc) is 2.06. The third kappa shape index (κ3) is 2.38. The van der Waals surface area contributed by atoms with Crippen molar-refractivity contribution in [3.8, 4) is 6.07 Å². The molecule has 0 bridgehead atoms. The number of hydrogen-bond acceptors (Lipinski definition) is 1. The smallest absolute Gasteiger partial charge is 0.190 e. The van der Waals surface area contributed by atoms with Crippen molar-refractivity contribution in [3.63, 3.8) is 0 Å². The first-order valence-corrected chi connectivity index (χ1v) is 3.32. The van der Waals surface area contributed by atoms with E-state index in [4.69, 9.17) is 5.26 Å². The van der Waals surface area contributed by atoms with Crippen molar-refractivity contribution in [2.24, 2.45) is 0 Å². The molecule has 11 heavy (non-hydrogen) atoms. The summed E-state index contributed by atoms with van der Waals surface area (Å²) in [5, 5.41) is 8.16. The molecule has 0 saturated heterocycles. The van der Waals surface area contributed by atoms with Gasteiger partial charge in [0.15, 0.2) is 6.17 Å². The first-order chi connectivity index (χ1) is 5.33. The van der Waals surface area contributed by atoms with Crippen LogP contribution in [0, 0.1) is 17.4 Å². The summed E-state index contributed by atoms with van der Waals surface area (Å²) in [4.78, 5) is 0. The molecule has 0 fully saturated rings. The fourth-order valence-electron chi connectivity index (χ4n) is 0.796. The molecule has 0 N–H and O–H groups in total. The Bertz CT molecular complexity index is 250. The third-order valence-electron chi connectivity index (χ3n) is 1.31. The van der Waals surface area contributed by atoms with Crippen molar-refractivity contribution in [1.29, 1.82) is 5.26 Å². The maximum absolute atomic E-state index is 12.4. The standard InChI is InChI=1S/C9H7FN/c10-9(7-11)6-8-4-2-1-3-5-8/h1-4,9H,6H2. The van der Waals surface area contributed by atoms with E-state index in [1.54, 1.807) is 18.2 Å². The van der Waals surface area contributed by atoms with Crippen molar-refractivity contribution < 1.29 is 4.39 Å². The quantitative estimate of drug-likeness (QED) is 0.628. The molecule has 0 heterocycles. The van der Waals surface area contributed by atoms with E-state index in [1.165, 1.54) is 6.07 Å². The predicted molar refractivity (Wildman–Crippen MR) is 39.5 cm³/mol. The van der Waals surface area contributed by atoms with Gasteiger partial charge in [-0.1, -0.05) is 24.3 Å². The van der Waals surface area contributed by atoms with Crippen molar-refractivity contribution in [2.45, 2.75) is 12.6 Å². The highest BCUT2D eigenvalue weighted by molar-refractivity contribution is 5.15. The number of alkyl halides is 1. The van der Waals surface area contributed by atoms with Crippen LogP contribution in [0.2, 0.25) is 0 Å². The maximum Gasteiger partial charge on any atom is 0.190 e. The molecule has 0 aliphatic rings. The molecule has 0 aromatic heterocycles. The number of halogens is 1. The molecule has 1 radical (unpaired) electrons. The van der Waals surface area contributed by atoms with Crippen LogP contribution in [0.15, 0.2) is 24.3 Å². The van der Waals surface area contributed by atoms with Crippen LogP contribution < -0.4 is 0 Å². The second kappa shape index (κ2) is 3.72. The SMILES string of the molecule is N#CC(F)Cc1[c]cccc1. The summed E-state index contributed by atoms with van der Waals surface area (Å²) in [5.74, 6) is 0. The van der Waals surface area contributed by atoms with Gasteiger partial charge in [0.05, 0.1) is 0 Å². The molecule has 1 aromatic rings. The Morgan fingerprint density at radius 3 is 3.00 bits per heavy atom. The molecule has 55 valence electrons. The molecule has 1 rings (SSSR count). The van der Waals surface area contributed by atoms with Crippen LogP contribution >= 0.6 is 0 Å². The molecule has 2 heteroatoms. The van der Waals surface area contributed by atoms with Gasteiger partial charge in [-0.05, 0) is 11.6 Å². The second-order valence-corrected chi connectivity index (χ2v) is 2.19. The topological polar surface area (TPSA) is 23.8 Å². The molecule has 0 saturated carbocycles. The Labute approximate surface area is 65.1 Å². The molecule has 0 spiro atoms. The first kappa shape index (κ1) is 7.74. The number of nitriles is 1. The van der Waals surface area contributed by atoms with Gasteiger partial charge in [0, 0.05) is 6.42 Å². The van der Waals surface area contributed by atoms with Gasteiger partial charge in [0.25, 0.3) is 0 Å². The lowest BCUT2D eigenvalue weighted by Gasteiger charge is -1.97. The summed E-state index contributed by atoms with van der Waals surface area (Å²) in [6.07, 6.45) is -1.27. The van der Waals surface area contributed by atoms with Crippen LogP contribution in [0.1, 0.15) is 5.56 Å². The van der Waals surface area contributed by atoms with Gasteiger partial charge in [-0.15, -0.1) is 0 Å². The lowest BCUT2D eigenvalue weighted by Crippen LogP contribution is -2.00. The third-order valence-corrected chi connectivity index (χ3v) is 1.31. The molecule has 1 unspecified atom stereocenters. The molecule has 0 aliphatic heterocycles. The molecule has 1 aromatic carbocycles. The zero-order valence-corrected chi connectivity index (χ0v) is 5.92. The largest absolute Gasteiger partial charge is 0.231 e. The van der Waals surface area contributed by atoms with Gasteiger partial charge in [-0.2, -0.15) is 5.26 Å². The predicted octanol–water partition coefficient (Wildman–Crippen LogP) is 1.89. The molecule has 0 amide bonds. The molecular formula is C9H7FN. The van der Waals surface area contributed by atoms with Crippen LogP contribution in [0.5, 0.6) is 0 Å². The number of hydrogen-bond donors (Lipinski definition) is 0. The van der Waals surface area contributed by atoms with Crippen LogP contribution in [-0.2, 0) is 6.42 Å². The summed E-state index contributed by atoms with van der Waals surface area (Å²) in [6, 6.07) is 11.4. The van der Waals surface area contributed by atoms with E-state index >= 15 is 0 Å². The van der Waals surface area contributed by atoms with E-state index in [-0.39, 0.29) is 6.42 Å². The number of nitrogens with zero attached hydrogens (tertiary/aromatic N) is 1.